The number of nitrogens with zero attached hydrogens (tertiary/aromatic N) is 1. The van der Waals surface area contributed by atoms with Crippen LogP contribution >= 0.6 is 11.3 Å². The summed E-state index contributed by atoms with van der Waals surface area (Å²) in [5.74, 6) is 0.487. The number of thiazole rings is 1. The Kier molecular flexibility index (Phi) is 5.14. The molecule has 1 heterocycles. The summed E-state index contributed by atoms with van der Waals surface area (Å²) in [6.07, 6.45) is 0. The number of hydrogen-bond donors (Lipinski definition) is 1. The summed E-state index contributed by atoms with van der Waals surface area (Å²) in [6, 6.07) is 13.6. The van der Waals surface area contributed by atoms with Crippen molar-refractivity contribution in [3.63, 3.8) is 0 Å². The van der Waals surface area contributed by atoms with Crippen molar-refractivity contribution >= 4 is 22.9 Å². The van der Waals surface area contributed by atoms with Crippen molar-refractivity contribution in [2.75, 3.05) is 11.9 Å². The molecule has 3 aromatic rings. The lowest BCUT2D eigenvalue weighted by molar-refractivity contribution is -0.118. The molecule has 0 aliphatic heterocycles. The van der Waals surface area contributed by atoms with E-state index in [1.54, 1.807) is 11.3 Å². The molecule has 5 heteroatoms. The number of carbonyl (C=O) groups excluding carboxylic acids is 1. The largest absolute Gasteiger partial charge is 0.484 e. The molecule has 1 N–H and O–H groups in total. The highest BCUT2D eigenvalue weighted by molar-refractivity contribution is 7.13. The highest BCUT2D eigenvalue weighted by Crippen LogP contribution is 2.25. The molecule has 128 valence electrons. The fourth-order valence-electron chi connectivity index (χ4n) is 2.39. The molecule has 2 aromatic carbocycles. The van der Waals surface area contributed by atoms with Crippen LogP contribution in [0.25, 0.3) is 10.6 Å². The molecule has 0 radical (unpaired) electrons. The Morgan fingerprint density at radius 3 is 2.56 bits per heavy atom. The lowest BCUT2D eigenvalue weighted by Gasteiger charge is -2.10. The second kappa shape index (κ2) is 7.49. The van der Waals surface area contributed by atoms with Gasteiger partial charge in [-0.15, -0.1) is 11.3 Å². The fraction of sp³-hybridized carbons (Fsp3) is 0.200. The molecular weight excluding hydrogens is 332 g/mol. The molecule has 3 rings (SSSR count). The molecule has 0 bridgehead atoms. The Bertz CT molecular complexity index is 885. The summed E-state index contributed by atoms with van der Waals surface area (Å²) in [5.41, 5.74) is 5.02. The minimum absolute atomic E-state index is 0.0247. The number of carbonyl (C=O) groups is 1. The molecule has 4 nitrogen and oxygen atoms in total. The number of ether oxygens (including phenoxy) is 1. The van der Waals surface area contributed by atoms with Crippen LogP contribution in [-0.2, 0) is 4.79 Å². The molecule has 1 aromatic heterocycles. The monoisotopic (exact) mass is 352 g/mol. The van der Waals surface area contributed by atoms with Crippen molar-refractivity contribution in [2.45, 2.75) is 20.8 Å². The van der Waals surface area contributed by atoms with Gasteiger partial charge in [0.05, 0.1) is 0 Å². The number of benzene rings is 2. The Morgan fingerprint density at radius 2 is 1.88 bits per heavy atom. The van der Waals surface area contributed by atoms with Crippen LogP contribution in [0.1, 0.15) is 16.8 Å². The molecule has 0 aliphatic rings. The van der Waals surface area contributed by atoms with E-state index in [0.717, 1.165) is 33.1 Å². The van der Waals surface area contributed by atoms with E-state index in [1.807, 2.05) is 68.6 Å². The van der Waals surface area contributed by atoms with E-state index in [-0.39, 0.29) is 12.5 Å². The van der Waals surface area contributed by atoms with E-state index in [0.29, 0.717) is 5.75 Å². The van der Waals surface area contributed by atoms with Crippen LogP contribution in [0.4, 0.5) is 5.69 Å². The van der Waals surface area contributed by atoms with Gasteiger partial charge in [-0.3, -0.25) is 4.79 Å². The fourth-order valence-corrected chi connectivity index (χ4v) is 3.19. The Hall–Kier alpha value is -2.66. The molecule has 0 aliphatic carbocycles. The molecule has 0 saturated heterocycles. The van der Waals surface area contributed by atoms with Crippen LogP contribution in [0.3, 0.4) is 0 Å². The number of nitrogens with one attached hydrogen (secondary N) is 1. The smallest absolute Gasteiger partial charge is 0.262 e. The second-order valence-electron chi connectivity index (χ2n) is 5.97. The topological polar surface area (TPSA) is 51.2 Å². The van der Waals surface area contributed by atoms with E-state index in [4.69, 9.17) is 4.74 Å². The lowest BCUT2D eigenvalue weighted by Crippen LogP contribution is -2.20. The Morgan fingerprint density at radius 1 is 1.12 bits per heavy atom. The summed E-state index contributed by atoms with van der Waals surface area (Å²) in [6.45, 7) is 5.92. The van der Waals surface area contributed by atoms with Gasteiger partial charge in [-0.1, -0.05) is 12.1 Å². The predicted octanol–water partition coefficient (Wildman–Crippen LogP) is 4.75. The van der Waals surface area contributed by atoms with Crippen molar-refractivity contribution in [1.82, 2.24) is 4.98 Å². The molecular formula is C20H20N2O2S. The number of hydrogen-bond acceptors (Lipinski definition) is 4. The van der Waals surface area contributed by atoms with Gasteiger partial charge in [0.15, 0.2) is 6.61 Å². The van der Waals surface area contributed by atoms with Gasteiger partial charge in [-0.25, -0.2) is 4.98 Å². The van der Waals surface area contributed by atoms with E-state index in [2.05, 4.69) is 10.3 Å². The number of aromatic nitrogens is 1. The maximum atomic E-state index is 12.1. The van der Waals surface area contributed by atoms with Crippen molar-refractivity contribution in [2.24, 2.45) is 0 Å². The zero-order valence-corrected chi connectivity index (χ0v) is 15.3. The summed E-state index contributed by atoms with van der Waals surface area (Å²) in [5, 5.41) is 5.90. The van der Waals surface area contributed by atoms with Crippen LogP contribution in [0.15, 0.2) is 47.8 Å². The predicted molar refractivity (Wildman–Crippen MR) is 102 cm³/mol. The highest BCUT2D eigenvalue weighted by atomic mass is 32.1. The number of aryl methyl sites for hydroxylation is 3. The Labute approximate surface area is 151 Å². The summed E-state index contributed by atoms with van der Waals surface area (Å²) < 4.78 is 5.58. The van der Waals surface area contributed by atoms with Crippen LogP contribution in [0.2, 0.25) is 0 Å². The van der Waals surface area contributed by atoms with Gasteiger partial charge in [0.25, 0.3) is 5.91 Å². The van der Waals surface area contributed by atoms with Crippen LogP contribution in [0, 0.1) is 20.8 Å². The van der Waals surface area contributed by atoms with Gasteiger partial charge < -0.3 is 10.1 Å². The van der Waals surface area contributed by atoms with Gasteiger partial charge in [-0.05, 0) is 62.2 Å². The molecule has 25 heavy (non-hydrogen) atoms. The molecule has 0 fully saturated rings. The van der Waals surface area contributed by atoms with Crippen LogP contribution < -0.4 is 10.1 Å². The molecule has 0 saturated carbocycles. The van der Waals surface area contributed by atoms with Crippen LogP contribution in [0.5, 0.6) is 5.75 Å². The van der Waals surface area contributed by atoms with Crippen molar-refractivity contribution in [3.8, 4) is 16.3 Å². The summed E-state index contributed by atoms with van der Waals surface area (Å²) in [7, 11) is 0. The highest BCUT2D eigenvalue weighted by Gasteiger charge is 2.07. The minimum Gasteiger partial charge on any atom is -0.484 e. The van der Waals surface area contributed by atoms with Gasteiger partial charge in [-0.2, -0.15) is 0 Å². The SMILES string of the molecule is Cc1ccc(C)c(NC(=O)COc2ccc(-c3nc(C)cs3)cc2)c1. The molecule has 0 unspecified atom stereocenters. The third-order valence-corrected chi connectivity index (χ3v) is 4.77. The van der Waals surface area contributed by atoms with Crippen molar-refractivity contribution in [1.29, 1.82) is 0 Å². The Balaban J connectivity index is 1.58. The first-order chi connectivity index (χ1) is 12.0. The maximum absolute atomic E-state index is 12.1. The molecule has 0 spiro atoms. The molecule has 1 amide bonds. The van der Waals surface area contributed by atoms with Crippen molar-refractivity contribution < 1.29 is 9.53 Å². The number of rotatable bonds is 5. The molecule has 0 atom stereocenters. The van der Waals surface area contributed by atoms with Crippen molar-refractivity contribution in [3.05, 3.63) is 64.7 Å². The summed E-state index contributed by atoms with van der Waals surface area (Å²) in [4.78, 5) is 16.6. The average Bonchev–Trinajstić information content (AvgIpc) is 3.03. The normalized spacial score (nSPS) is 10.5. The van der Waals surface area contributed by atoms with Crippen LogP contribution in [-0.4, -0.2) is 17.5 Å². The first-order valence-electron chi connectivity index (χ1n) is 8.04. The number of anilines is 1. The standard InChI is InChI=1S/C20H20N2O2S/c1-13-4-5-14(2)18(10-13)22-19(23)11-24-17-8-6-16(7-9-17)20-21-15(3)12-25-20/h4-10,12H,11H2,1-3H3,(H,22,23). The first-order valence-corrected chi connectivity index (χ1v) is 8.92. The zero-order valence-electron chi connectivity index (χ0n) is 14.5. The second-order valence-corrected chi connectivity index (χ2v) is 6.83. The first kappa shape index (κ1) is 17.2. The van der Waals surface area contributed by atoms with E-state index in [9.17, 15) is 4.79 Å². The van der Waals surface area contributed by atoms with Gasteiger partial charge >= 0.3 is 0 Å². The van der Waals surface area contributed by atoms with E-state index < -0.39 is 0 Å². The van der Waals surface area contributed by atoms with E-state index >= 15 is 0 Å². The van der Waals surface area contributed by atoms with Gasteiger partial charge in [0.2, 0.25) is 0 Å². The average molecular weight is 352 g/mol. The zero-order chi connectivity index (χ0) is 17.8. The van der Waals surface area contributed by atoms with Gasteiger partial charge in [0, 0.05) is 22.3 Å². The maximum Gasteiger partial charge on any atom is 0.262 e. The third kappa shape index (κ3) is 4.45. The summed E-state index contributed by atoms with van der Waals surface area (Å²) >= 11 is 1.61. The van der Waals surface area contributed by atoms with Gasteiger partial charge in [0.1, 0.15) is 10.8 Å². The van der Waals surface area contributed by atoms with E-state index in [1.165, 1.54) is 0 Å². The quantitative estimate of drug-likeness (QED) is 0.721. The number of amides is 1. The lowest BCUT2D eigenvalue weighted by atomic mass is 10.1. The minimum atomic E-state index is -0.173. The third-order valence-electron chi connectivity index (χ3n) is 3.76.